The van der Waals surface area contributed by atoms with Crippen LogP contribution in [-0.2, 0) is 6.54 Å². The van der Waals surface area contributed by atoms with Crippen molar-refractivity contribution >= 4 is 16.3 Å². The molecule has 0 fully saturated rings. The van der Waals surface area contributed by atoms with E-state index in [2.05, 4.69) is 46.9 Å². The molecule has 1 N–H and O–H groups in total. The lowest BCUT2D eigenvalue weighted by Gasteiger charge is -2.11. The second-order valence-electron chi connectivity index (χ2n) is 5.42. The first-order chi connectivity index (χ1) is 10.2. The van der Waals surface area contributed by atoms with Crippen LogP contribution < -0.4 is 10.1 Å². The second kappa shape index (κ2) is 4.86. The second-order valence-corrected chi connectivity index (χ2v) is 6.63. The maximum Gasteiger partial charge on any atom is 0.194 e. The Morgan fingerprint density at radius 2 is 2.24 bits per heavy atom. The zero-order valence-corrected chi connectivity index (χ0v) is 12.9. The number of benzene rings is 1. The molecule has 1 atom stereocenters. The molecule has 1 aliphatic heterocycles. The van der Waals surface area contributed by atoms with E-state index >= 15 is 0 Å². The van der Waals surface area contributed by atoms with E-state index in [9.17, 15) is 0 Å². The summed E-state index contributed by atoms with van der Waals surface area (Å²) in [7, 11) is 0. The van der Waals surface area contributed by atoms with Crippen LogP contribution >= 0.6 is 11.3 Å². The van der Waals surface area contributed by atoms with E-state index in [4.69, 9.17) is 4.74 Å². The minimum absolute atomic E-state index is 0.255. The molecule has 3 aromatic rings. The van der Waals surface area contributed by atoms with Crippen LogP contribution in [0.2, 0.25) is 0 Å². The summed E-state index contributed by atoms with van der Waals surface area (Å²) in [6.45, 7) is 5.69. The van der Waals surface area contributed by atoms with E-state index in [1.165, 1.54) is 16.1 Å². The van der Waals surface area contributed by atoms with Gasteiger partial charge in [-0.2, -0.15) is 0 Å². The van der Waals surface area contributed by atoms with E-state index in [1.807, 2.05) is 12.1 Å². The molecule has 0 spiro atoms. The largest absolute Gasteiger partial charge is 0.491 e. The molecule has 0 radical (unpaired) electrons. The monoisotopic (exact) mass is 299 g/mol. The van der Waals surface area contributed by atoms with Crippen LogP contribution in [-0.4, -0.2) is 16.0 Å². The maximum absolute atomic E-state index is 5.72. The van der Waals surface area contributed by atoms with Gasteiger partial charge in [0.25, 0.3) is 0 Å². The van der Waals surface area contributed by atoms with Gasteiger partial charge in [0.05, 0.1) is 17.4 Å². The van der Waals surface area contributed by atoms with Gasteiger partial charge in [0.15, 0.2) is 4.96 Å². The molecule has 3 heterocycles. The highest BCUT2D eigenvalue weighted by molar-refractivity contribution is 7.17. The SMILES string of the molecule is Cc1cn2c(CNC3COc4ccccc43)c(C)nc2s1. The quantitative estimate of drug-likeness (QED) is 0.807. The minimum Gasteiger partial charge on any atom is -0.491 e. The van der Waals surface area contributed by atoms with Crippen LogP contribution in [0.5, 0.6) is 5.75 Å². The summed E-state index contributed by atoms with van der Waals surface area (Å²) < 4.78 is 7.92. The van der Waals surface area contributed by atoms with Crippen LogP contribution in [0.3, 0.4) is 0 Å². The van der Waals surface area contributed by atoms with Crippen molar-refractivity contribution in [2.75, 3.05) is 6.61 Å². The van der Waals surface area contributed by atoms with Crippen LogP contribution in [0.25, 0.3) is 4.96 Å². The molecule has 21 heavy (non-hydrogen) atoms. The number of aryl methyl sites for hydroxylation is 2. The van der Waals surface area contributed by atoms with E-state index < -0.39 is 0 Å². The van der Waals surface area contributed by atoms with Gasteiger partial charge < -0.3 is 10.1 Å². The molecule has 4 rings (SSSR count). The Morgan fingerprint density at radius 3 is 3.14 bits per heavy atom. The van der Waals surface area contributed by atoms with Crippen molar-refractivity contribution in [1.29, 1.82) is 0 Å². The molecular formula is C16H17N3OS. The fourth-order valence-corrected chi connectivity index (χ4v) is 3.76. The average molecular weight is 299 g/mol. The zero-order chi connectivity index (χ0) is 14.4. The lowest BCUT2D eigenvalue weighted by molar-refractivity contribution is 0.310. The minimum atomic E-state index is 0.255. The third-order valence-electron chi connectivity index (χ3n) is 3.96. The van der Waals surface area contributed by atoms with Gasteiger partial charge in [0.1, 0.15) is 12.4 Å². The summed E-state index contributed by atoms with van der Waals surface area (Å²) in [5.74, 6) is 0.997. The third kappa shape index (κ3) is 2.13. The van der Waals surface area contributed by atoms with Crippen molar-refractivity contribution in [3.8, 4) is 5.75 Å². The number of aromatic nitrogens is 2. The molecule has 0 aliphatic carbocycles. The van der Waals surface area contributed by atoms with Crippen LogP contribution in [0.1, 0.15) is 27.9 Å². The molecule has 108 valence electrons. The van der Waals surface area contributed by atoms with Crippen LogP contribution in [0.15, 0.2) is 30.5 Å². The summed E-state index contributed by atoms with van der Waals surface area (Å²) in [6, 6.07) is 8.49. The van der Waals surface area contributed by atoms with Gasteiger partial charge in [-0.1, -0.05) is 18.2 Å². The number of imidazole rings is 1. The molecule has 1 aromatic carbocycles. The molecule has 1 unspecified atom stereocenters. The molecule has 0 saturated heterocycles. The van der Waals surface area contributed by atoms with Gasteiger partial charge >= 0.3 is 0 Å². The molecular weight excluding hydrogens is 282 g/mol. The van der Waals surface area contributed by atoms with Gasteiger partial charge in [0.2, 0.25) is 0 Å². The highest BCUT2D eigenvalue weighted by Crippen LogP contribution is 2.32. The number of nitrogens with zero attached hydrogens (tertiary/aromatic N) is 2. The number of ether oxygens (including phenoxy) is 1. The third-order valence-corrected chi connectivity index (χ3v) is 4.85. The molecule has 4 nitrogen and oxygen atoms in total. The molecule has 0 saturated carbocycles. The first-order valence-electron chi connectivity index (χ1n) is 7.11. The number of hydrogen-bond acceptors (Lipinski definition) is 4. The smallest absolute Gasteiger partial charge is 0.194 e. The Hall–Kier alpha value is -1.85. The molecule has 0 amide bonds. The summed E-state index contributed by atoms with van der Waals surface area (Å²) in [5.41, 5.74) is 3.58. The van der Waals surface area contributed by atoms with E-state index in [0.717, 1.165) is 22.9 Å². The average Bonchev–Trinajstić information content (AvgIpc) is 3.10. The Kier molecular flexibility index (Phi) is 2.97. The predicted octanol–water partition coefficient (Wildman–Crippen LogP) is 3.24. The van der Waals surface area contributed by atoms with Crippen molar-refractivity contribution in [3.05, 3.63) is 52.3 Å². The Bertz CT molecular complexity index is 805. The summed E-state index contributed by atoms with van der Waals surface area (Å²) in [6.07, 6.45) is 2.16. The summed E-state index contributed by atoms with van der Waals surface area (Å²) in [4.78, 5) is 6.99. The van der Waals surface area contributed by atoms with Crippen molar-refractivity contribution < 1.29 is 4.74 Å². The number of nitrogens with one attached hydrogen (secondary N) is 1. The molecule has 1 aliphatic rings. The standard InChI is InChI=1S/C16H17N3OS/c1-10-8-19-14(11(2)18-16(19)21-10)7-17-13-9-20-15-6-4-3-5-12(13)15/h3-6,8,13,17H,7,9H2,1-2H3. The van der Waals surface area contributed by atoms with Crippen molar-refractivity contribution in [3.63, 3.8) is 0 Å². The first kappa shape index (κ1) is 12.9. The predicted molar refractivity (Wildman–Crippen MR) is 84.1 cm³/mol. The topological polar surface area (TPSA) is 38.6 Å². The van der Waals surface area contributed by atoms with E-state index in [0.29, 0.717) is 6.61 Å². The number of rotatable bonds is 3. The molecule has 0 bridgehead atoms. The molecule has 2 aromatic heterocycles. The summed E-state index contributed by atoms with van der Waals surface area (Å²) in [5, 5.41) is 3.60. The number of hydrogen-bond donors (Lipinski definition) is 1. The number of fused-ring (bicyclic) bond motifs is 2. The van der Waals surface area contributed by atoms with Gasteiger partial charge in [0, 0.05) is 23.2 Å². The van der Waals surface area contributed by atoms with Crippen LogP contribution in [0, 0.1) is 13.8 Å². The summed E-state index contributed by atoms with van der Waals surface area (Å²) >= 11 is 1.73. The lowest BCUT2D eigenvalue weighted by Crippen LogP contribution is -2.23. The fraction of sp³-hybridized carbons (Fsp3) is 0.312. The van der Waals surface area contributed by atoms with E-state index in [1.54, 1.807) is 11.3 Å². The van der Waals surface area contributed by atoms with Gasteiger partial charge in [-0.15, -0.1) is 11.3 Å². The van der Waals surface area contributed by atoms with Crippen molar-refractivity contribution in [2.45, 2.75) is 26.4 Å². The number of para-hydroxylation sites is 1. The highest BCUT2D eigenvalue weighted by atomic mass is 32.1. The molecule has 5 heteroatoms. The lowest BCUT2D eigenvalue weighted by atomic mass is 10.1. The van der Waals surface area contributed by atoms with Crippen molar-refractivity contribution in [1.82, 2.24) is 14.7 Å². The zero-order valence-electron chi connectivity index (χ0n) is 12.1. The normalized spacial score (nSPS) is 17.1. The van der Waals surface area contributed by atoms with Gasteiger partial charge in [-0.25, -0.2) is 4.98 Å². The number of thiazole rings is 1. The van der Waals surface area contributed by atoms with Gasteiger partial charge in [-0.05, 0) is 19.9 Å². The Labute approximate surface area is 127 Å². The maximum atomic E-state index is 5.72. The first-order valence-corrected chi connectivity index (χ1v) is 7.93. The van der Waals surface area contributed by atoms with Crippen LogP contribution in [0.4, 0.5) is 0 Å². The Morgan fingerprint density at radius 1 is 1.38 bits per heavy atom. The highest BCUT2D eigenvalue weighted by Gasteiger charge is 2.23. The van der Waals surface area contributed by atoms with Gasteiger partial charge in [-0.3, -0.25) is 4.40 Å². The van der Waals surface area contributed by atoms with Crippen molar-refractivity contribution in [2.24, 2.45) is 0 Å². The van der Waals surface area contributed by atoms with E-state index in [-0.39, 0.29) is 6.04 Å². The Balaban J connectivity index is 1.58. The fourth-order valence-electron chi connectivity index (χ4n) is 2.87.